The number of rotatable bonds is 7. The van der Waals surface area contributed by atoms with Gasteiger partial charge in [-0.3, -0.25) is 9.59 Å². The summed E-state index contributed by atoms with van der Waals surface area (Å²) in [6, 6.07) is 16.2. The molecule has 3 N–H and O–H groups in total. The van der Waals surface area contributed by atoms with Gasteiger partial charge in [-0.15, -0.1) is 0 Å². The molecule has 134 valence electrons. The van der Waals surface area contributed by atoms with Crippen molar-refractivity contribution in [3.8, 4) is 5.75 Å². The van der Waals surface area contributed by atoms with Crippen LogP contribution in [0, 0.1) is 0 Å². The van der Waals surface area contributed by atoms with Gasteiger partial charge >= 0.3 is 0 Å². The lowest BCUT2D eigenvalue weighted by Gasteiger charge is -2.13. The van der Waals surface area contributed by atoms with Gasteiger partial charge in [0, 0.05) is 0 Å². The normalized spacial score (nSPS) is 11.9. The number of imidazole rings is 1. The number of nitrogens with zero attached hydrogens (tertiary/aromatic N) is 2. The number of nitrogens with two attached hydrogens (primary N) is 1. The summed E-state index contributed by atoms with van der Waals surface area (Å²) in [5.41, 5.74) is 6.79. The summed E-state index contributed by atoms with van der Waals surface area (Å²) in [6.07, 6.45) is 0. The molecule has 1 heterocycles. The molecule has 0 fully saturated rings. The van der Waals surface area contributed by atoms with Gasteiger partial charge in [-0.25, -0.2) is 4.98 Å². The third-order valence-electron chi connectivity index (χ3n) is 3.95. The lowest BCUT2D eigenvalue weighted by Crippen LogP contribution is -2.43. The standard InChI is InChI=1S/C19H20N4O3/c1-13(19(20)25)21-18(24)11-23-16-10-6-5-9-15(16)22-17(23)12-26-14-7-3-2-4-8-14/h2-10,13H,11-12H2,1H3,(H2,20,25)(H,21,24). The zero-order chi connectivity index (χ0) is 18.5. The van der Waals surface area contributed by atoms with Crippen molar-refractivity contribution in [2.75, 3.05) is 0 Å². The minimum Gasteiger partial charge on any atom is -0.486 e. The van der Waals surface area contributed by atoms with Crippen molar-refractivity contribution in [3.63, 3.8) is 0 Å². The van der Waals surface area contributed by atoms with Gasteiger partial charge in [-0.05, 0) is 31.2 Å². The van der Waals surface area contributed by atoms with E-state index in [4.69, 9.17) is 10.5 Å². The highest BCUT2D eigenvalue weighted by molar-refractivity contribution is 5.87. The van der Waals surface area contributed by atoms with Crippen LogP contribution in [-0.2, 0) is 22.7 Å². The molecular weight excluding hydrogens is 332 g/mol. The Labute approximate surface area is 150 Å². The number of hydrogen-bond acceptors (Lipinski definition) is 4. The molecule has 1 atom stereocenters. The van der Waals surface area contributed by atoms with E-state index >= 15 is 0 Å². The molecule has 0 saturated carbocycles. The first-order valence-corrected chi connectivity index (χ1v) is 8.25. The summed E-state index contributed by atoms with van der Waals surface area (Å²) < 4.78 is 7.55. The molecule has 7 heteroatoms. The molecule has 26 heavy (non-hydrogen) atoms. The molecule has 3 aromatic rings. The smallest absolute Gasteiger partial charge is 0.240 e. The summed E-state index contributed by atoms with van der Waals surface area (Å²) >= 11 is 0. The fraction of sp³-hybridized carbons (Fsp3) is 0.211. The minimum atomic E-state index is -0.735. The van der Waals surface area contributed by atoms with E-state index in [2.05, 4.69) is 10.3 Å². The molecule has 7 nitrogen and oxygen atoms in total. The van der Waals surface area contributed by atoms with Crippen molar-refractivity contribution in [2.45, 2.75) is 26.1 Å². The van der Waals surface area contributed by atoms with Crippen LogP contribution in [0.4, 0.5) is 0 Å². The number of aromatic nitrogens is 2. The van der Waals surface area contributed by atoms with Crippen molar-refractivity contribution in [1.82, 2.24) is 14.9 Å². The SMILES string of the molecule is CC(NC(=O)Cn1c(COc2ccccc2)nc2ccccc21)C(N)=O. The molecule has 0 spiro atoms. The summed E-state index contributed by atoms with van der Waals surface area (Å²) in [5.74, 6) is 0.441. The minimum absolute atomic E-state index is 0.0195. The summed E-state index contributed by atoms with van der Waals surface area (Å²) in [5, 5.41) is 2.58. The zero-order valence-corrected chi connectivity index (χ0v) is 14.4. The van der Waals surface area contributed by atoms with E-state index in [1.807, 2.05) is 54.6 Å². The highest BCUT2D eigenvalue weighted by atomic mass is 16.5. The van der Waals surface area contributed by atoms with Crippen molar-refractivity contribution >= 4 is 22.8 Å². The molecule has 0 radical (unpaired) electrons. The van der Waals surface area contributed by atoms with Gasteiger partial charge < -0.3 is 20.4 Å². The van der Waals surface area contributed by atoms with Gasteiger partial charge in [0.2, 0.25) is 11.8 Å². The molecule has 1 aromatic heterocycles. The fourth-order valence-electron chi connectivity index (χ4n) is 2.58. The Kier molecular flexibility index (Phi) is 5.17. The Morgan fingerprint density at radius 3 is 2.58 bits per heavy atom. The van der Waals surface area contributed by atoms with Crippen LogP contribution < -0.4 is 15.8 Å². The maximum Gasteiger partial charge on any atom is 0.240 e. The van der Waals surface area contributed by atoms with Crippen LogP contribution in [0.5, 0.6) is 5.75 Å². The van der Waals surface area contributed by atoms with Crippen molar-refractivity contribution in [2.24, 2.45) is 5.73 Å². The maximum atomic E-state index is 12.3. The average molecular weight is 352 g/mol. The van der Waals surface area contributed by atoms with Crippen LogP contribution in [0.3, 0.4) is 0 Å². The number of ether oxygens (including phenoxy) is 1. The van der Waals surface area contributed by atoms with E-state index in [9.17, 15) is 9.59 Å². The number of hydrogen-bond donors (Lipinski definition) is 2. The summed E-state index contributed by atoms with van der Waals surface area (Å²) in [6.45, 7) is 1.79. The first-order chi connectivity index (χ1) is 12.5. The van der Waals surface area contributed by atoms with Gasteiger partial charge in [0.25, 0.3) is 0 Å². The molecule has 2 aromatic carbocycles. The van der Waals surface area contributed by atoms with E-state index < -0.39 is 11.9 Å². The summed E-state index contributed by atoms with van der Waals surface area (Å²) in [4.78, 5) is 28.0. The highest BCUT2D eigenvalue weighted by Crippen LogP contribution is 2.18. The first kappa shape index (κ1) is 17.5. The second-order valence-electron chi connectivity index (χ2n) is 5.90. The number of primary amides is 1. The largest absolute Gasteiger partial charge is 0.486 e. The number of carbonyl (C=O) groups is 2. The third kappa shape index (κ3) is 4.00. The number of benzene rings is 2. The molecule has 0 bridgehead atoms. The Balaban J connectivity index is 1.82. The molecule has 0 aliphatic heterocycles. The highest BCUT2D eigenvalue weighted by Gasteiger charge is 2.17. The van der Waals surface area contributed by atoms with E-state index in [0.29, 0.717) is 5.82 Å². The van der Waals surface area contributed by atoms with Crippen LogP contribution in [0.1, 0.15) is 12.7 Å². The first-order valence-electron chi connectivity index (χ1n) is 8.25. The Morgan fingerprint density at radius 2 is 1.85 bits per heavy atom. The fourth-order valence-corrected chi connectivity index (χ4v) is 2.58. The van der Waals surface area contributed by atoms with Crippen LogP contribution in [0.25, 0.3) is 11.0 Å². The van der Waals surface area contributed by atoms with Crippen molar-refractivity contribution in [1.29, 1.82) is 0 Å². The van der Waals surface area contributed by atoms with Crippen LogP contribution in [0.2, 0.25) is 0 Å². The molecular formula is C19H20N4O3. The van der Waals surface area contributed by atoms with E-state index in [0.717, 1.165) is 16.8 Å². The predicted octanol–water partition coefficient (Wildman–Crippen LogP) is 1.61. The van der Waals surface area contributed by atoms with Crippen LogP contribution in [-0.4, -0.2) is 27.4 Å². The molecule has 2 amide bonds. The number of fused-ring (bicyclic) bond motifs is 1. The lowest BCUT2D eigenvalue weighted by molar-refractivity contribution is -0.127. The quantitative estimate of drug-likeness (QED) is 0.675. The lowest BCUT2D eigenvalue weighted by atomic mass is 10.3. The maximum absolute atomic E-state index is 12.3. The van der Waals surface area contributed by atoms with Crippen LogP contribution >= 0.6 is 0 Å². The number of nitrogens with one attached hydrogen (secondary N) is 1. The van der Waals surface area contributed by atoms with E-state index in [1.54, 1.807) is 11.5 Å². The van der Waals surface area contributed by atoms with E-state index in [1.165, 1.54) is 0 Å². The van der Waals surface area contributed by atoms with Gasteiger partial charge in [0.15, 0.2) is 0 Å². The number of carbonyl (C=O) groups excluding carboxylic acids is 2. The second kappa shape index (κ2) is 7.69. The van der Waals surface area contributed by atoms with Gasteiger partial charge in [-0.1, -0.05) is 30.3 Å². The second-order valence-corrected chi connectivity index (χ2v) is 5.90. The zero-order valence-electron chi connectivity index (χ0n) is 14.4. The average Bonchev–Trinajstić information content (AvgIpc) is 2.98. The molecule has 0 aliphatic rings. The van der Waals surface area contributed by atoms with Gasteiger partial charge in [0.1, 0.15) is 30.8 Å². The van der Waals surface area contributed by atoms with E-state index in [-0.39, 0.29) is 19.1 Å². The molecule has 0 saturated heterocycles. The Hall–Kier alpha value is -3.35. The molecule has 3 rings (SSSR count). The van der Waals surface area contributed by atoms with Gasteiger partial charge in [-0.2, -0.15) is 0 Å². The monoisotopic (exact) mass is 352 g/mol. The van der Waals surface area contributed by atoms with Crippen molar-refractivity contribution < 1.29 is 14.3 Å². The molecule has 0 aliphatic carbocycles. The Morgan fingerprint density at radius 1 is 1.15 bits per heavy atom. The molecule has 1 unspecified atom stereocenters. The third-order valence-corrected chi connectivity index (χ3v) is 3.95. The van der Waals surface area contributed by atoms with Crippen molar-refractivity contribution in [3.05, 3.63) is 60.4 Å². The summed E-state index contributed by atoms with van der Waals surface area (Å²) in [7, 11) is 0. The van der Waals surface area contributed by atoms with Gasteiger partial charge in [0.05, 0.1) is 11.0 Å². The topological polar surface area (TPSA) is 99.2 Å². The van der Waals surface area contributed by atoms with Crippen LogP contribution in [0.15, 0.2) is 54.6 Å². The number of amides is 2. The Bertz CT molecular complexity index is 921. The number of para-hydroxylation sites is 3. The predicted molar refractivity (Wildman–Crippen MR) is 97.3 cm³/mol.